The lowest BCUT2D eigenvalue weighted by Gasteiger charge is -2.28. The lowest BCUT2D eigenvalue weighted by atomic mass is 9.91. The van der Waals surface area contributed by atoms with Gasteiger partial charge in [-0.3, -0.25) is 19.1 Å². The number of sulfonamides is 1. The predicted octanol–water partition coefficient (Wildman–Crippen LogP) is 3.82. The number of hydrogen-bond acceptors (Lipinski definition) is 8. The maximum absolute atomic E-state index is 14.1. The second-order valence-electron chi connectivity index (χ2n) is 13.9. The Hall–Kier alpha value is -3.74. The summed E-state index contributed by atoms with van der Waals surface area (Å²) in [5, 5.41) is 4.38. The van der Waals surface area contributed by atoms with Crippen molar-refractivity contribution in [1.29, 1.82) is 0 Å². The lowest BCUT2D eigenvalue weighted by molar-refractivity contribution is -0.140. The van der Waals surface area contributed by atoms with Gasteiger partial charge < -0.3 is 19.7 Å². The van der Waals surface area contributed by atoms with Crippen LogP contribution in [0.25, 0.3) is 10.8 Å². The van der Waals surface area contributed by atoms with E-state index in [2.05, 4.69) is 21.9 Å². The van der Waals surface area contributed by atoms with Crippen LogP contribution in [0.3, 0.4) is 0 Å². The first-order chi connectivity index (χ1) is 22.4. The molecule has 6 atom stereocenters. The van der Waals surface area contributed by atoms with E-state index >= 15 is 0 Å². The van der Waals surface area contributed by atoms with Gasteiger partial charge in [-0.15, -0.1) is 0 Å². The number of rotatable bonds is 7. The summed E-state index contributed by atoms with van der Waals surface area (Å²) in [5.41, 5.74) is -1.53. The molecule has 1 aromatic carbocycles. The van der Waals surface area contributed by atoms with Crippen molar-refractivity contribution in [2.75, 3.05) is 20.3 Å². The van der Waals surface area contributed by atoms with E-state index in [9.17, 15) is 27.2 Å². The number of carbonyl (C=O) groups is 3. The number of carbonyl (C=O) groups excluding carboxylic acids is 3. The minimum Gasteiger partial charge on any atom is -0.494 e. The highest BCUT2D eigenvalue weighted by atomic mass is 32.2. The molecule has 0 radical (unpaired) electrons. The lowest BCUT2D eigenvalue weighted by Crippen LogP contribution is -2.57. The van der Waals surface area contributed by atoms with E-state index in [0.717, 1.165) is 30.0 Å². The van der Waals surface area contributed by atoms with Crippen LogP contribution in [0.2, 0.25) is 0 Å². The molecule has 1 saturated heterocycles. The van der Waals surface area contributed by atoms with Crippen LogP contribution in [-0.4, -0.2) is 78.8 Å². The zero-order valence-electron chi connectivity index (χ0n) is 27.0. The number of pyridine rings is 1. The molecular weight excluding hydrogens is 627 g/mol. The number of ether oxygens (including phenoxy) is 2. The maximum Gasteiger partial charge on any atom is 0.259 e. The highest BCUT2D eigenvalue weighted by Crippen LogP contribution is 2.48. The Labute approximate surface area is 274 Å². The number of aromatic nitrogens is 1. The van der Waals surface area contributed by atoms with Crippen LogP contribution in [0.1, 0.15) is 65.2 Å². The Morgan fingerprint density at radius 3 is 2.60 bits per heavy atom. The maximum atomic E-state index is 14.1. The average molecular weight is 671 g/mol. The molecule has 3 amide bonds. The van der Waals surface area contributed by atoms with Crippen LogP contribution in [0.4, 0.5) is 4.39 Å². The number of allylic oxidation sites excluding steroid dienone is 1. The molecule has 2 N–H and O–H groups in total. The molecule has 2 aliphatic heterocycles. The first kappa shape index (κ1) is 33.2. The Balaban J connectivity index is 1.28. The molecule has 1 aromatic heterocycles. The number of nitrogens with one attached hydrogen (secondary N) is 2. The number of benzene rings is 1. The standard InChI is InChI=1S/C34H43FN4O7S/c1-21-8-4-5-9-23-17-34(23,32(42)38-47(43,44)33(20-35)12-13-33)37-30(41)27-16-24(19-39(27)29(40)15-22(2)14-21)46-31-26-11-7-6-10-25(26)28(45-3)18-36-31/h5-7,9-11,18,21-24,27H,4,8,12-17,19-20H2,1-3H3,(H,37,41)(H,38,42). The first-order valence-electron chi connectivity index (χ1n) is 16.4. The van der Waals surface area contributed by atoms with E-state index in [1.165, 1.54) is 4.90 Å². The van der Waals surface area contributed by atoms with Crippen LogP contribution in [0, 0.1) is 17.8 Å². The van der Waals surface area contributed by atoms with Gasteiger partial charge in [0.2, 0.25) is 27.7 Å². The first-order valence-corrected chi connectivity index (χ1v) is 17.9. The summed E-state index contributed by atoms with van der Waals surface area (Å²) in [6, 6.07) is 6.54. The Morgan fingerprint density at radius 2 is 1.89 bits per heavy atom. The van der Waals surface area contributed by atoms with Crippen LogP contribution >= 0.6 is 0 Å². The molecule has 2 aromatic rings. The third kappa shape index (κ3) is 6.42. The zero-order valence-corrected chi connectivity index (χ0v) is 27.9. The highest BCUT2D eigenvalue weighted by molar-refractivity contribution is 7.91. The van der Waals surface area contributed by atoms with Gasteiger partial charge in [-0.2, -0.15) is 0 Å². The number of methoxy groups -OCH3 is 1. The van der Waals surface area contributed by atoms with Gasteiger partial charge in [0.1, 0.15) is 34.9 Å². The Kier molecular flexibility index (Phi) is 8.96. The average Bonchev–Trinajstić information content (AvgIpc) is 3.94. The third-order valence-corrected chi connectivity index (χ3v) is 12.4. The fraction of sp³-hybridized carbons (Fsp3) is 0.588. The van der Waals surface area contributed by atoms with Gasteiger partial charge in [0, 0.05) is 29.5 Å². The van der Waals surface area contributed by atoms with Crippen LogP contribution in [-0.2, 0) is 24.4 Å². The van der Waals surface area contributed by atoms with Gasteiger partial charge in [0.15, 0.2) is 0 Å². The highest BCUT2D eigenvalue weighted by Gasteiger charge is 2.64. The Bertz CT molecular complexity index is 1700. The van der Waals surface area contributed by atoms with E-state index < -0.39 is 56.9 Å². The van der Waals surface area contributed by atoms with Crippen molar-refractivity contribution in [2.24, 2.45) is 17.8 Å². The topological polar surface area (TPSA) is 144 Å². The van der Waals surface area contributed by atoms with Crippen molar-refractivity contribution >= 4 is 38.5 Å². The molecule has 13 heteroatoms. The second kappa shape index (κ2) is 12.7. The fourth-order valence-electron chi connectivity index (χ4n) is 7.13. The van der Waals surface area contributed by atoms with Gasteiger partial charge in [-0.25, -0.2) is 17.8 Å². The quantitative estimate of drug-likeness (QED) is 0.424. The van der Waals surface area contributed by atoms with E-state index in [-0.39, 0.29) is 50.5 Å². The molecule has 47 heavy (non-hydrogen) atoms. The zero-order chi connectivity index (χ0) is 33.6. The number of amides is 3. The van der Waals surface area contributed by atoms with Crippen molar-refractivity contribution in [1.82, 2.24) is 19.9 Å². The largest absolute Gasteiger partial charge is 0.494 e. The minimum absolute atomic E-state index is 0.0865. The van der Waals surface area contributed by atoms with Crippen molar-refractivity contribution in [3.05, 3.63) is 42.6 Å². The molecule has 3 fully saturated rings. The number of alkyl halides is 1. The van der Waals surface area contributed by atoms with Gasteiger partial charge in [0.25, 0.3) is 5.91 Å². The summed E-state index contributed by atoms with van der Waals surface area (Å²) >= 11 is 0. The van der Waals surface area contributed by atoms with Crippen molar-refractivity contribution in [3.63, 3.8) is 0 Å². The molecule has 4 aliphatic rings. The molecule has 254 valence electrons. The monoisotopic (exact) mass is 670 g/mol. The third-order valence-electron chi connectivity index (χ3n) is 10.2. The molecule has 6 rings (SSSR count). The molecule has 11 nitrogen and oxygen atoms in total. The fourth-order valence-corrected chi connectivity index (χ4v) is 8.55. The molecule has 0 spiro atoms. The molecule has 2 saturated carbocycles. The van der Waals surface area contributed by atoms with Crippen molar-refractivity contribution in [2.45, 2.75) is 87.6 Å². The predicted molar refractivity (Wildman–Crippen MR) is 173 cm³/mol. The normalized spacial score (nSPS) is 30.7. The van der Waals surface area contributed by atoms with Gasteiger partial charge in [-0.05, 0) is 56.4 Å². The summed E-state index contributed by atoms with van der Waals surface area (Å²) in [7, 11) is -2.74. The molecule has 2 aliphatic carbocycles. The van der Waals surface area contributed by atoms with Crippen LogP contribution < -0.4 is 19.5 Å². The summed E-state index contributed by atoms with van der Waals surface area (Å²) in [6.07, 6.45) is 8.12. The van der Waals surface area contributed by atoms with E-state index in [0.29, 0.717) is 17.5 Å². The summed E-state index contributed by atoms with van der Waals surface area (Å²) < 4.78 is 52.0. The molecule has 3 heterocycles. The van der Waals surface area contributed by atoms with Gasteiger partial charge >= 0.3 is 0 Å². The van der Waals surface area contributed by atoms with Crippen molar-refractivity contribution < 1.29 is 36.7 Å². The van der Waals surface area contributed by atoms with Crippen LogP contribution in [0.15, 0.2) is 42.6 Å². The smallest absolute Gasteiger partial charge is 0.259 e. The summed E-state index contributed by atoms with van der Waals surface area (Å²) in [5.74, 6) is -0.727. The minimum atomic E-state index is -4.30. The van der Waals surface area contributed by atoms with Gasteiger partial charge in [-0.1, -0.05) is 44.2 Å². The molecule has 6 unspecified atom stereocenters. The van der Waals surface area contributed by atoms with Crippen LogP contribution in [0.5, 0.6) is 11.6 Å². The van der Waals surface area contributed by atoms with E-state index in [1.54, 1.807) is 13.3 Å². The second-order valence-corrected chi connectivity index (χ2v) is 16.0. The SMILES string of the molecule is COc1cnc(OC2CC3C(=O)NC4(C(=O)NS(=O)(=O)C5(CF)CC5)CC4C=CCCC(C)CC(C)CC(=O)N3C2)c2ccccc12. The summed E-state index contributed by atoms with van der Waals surface area (Å²) in [4.78, 5) is 47.5. The summed E-state index contributed by atoms with van der Waals surface area (Å²) in [6.45, 7) is 3.23. The Morgan fingerprint density at radius 1 is 1.15 bits per heavy atom. The van der Waals surface area contributed by atoms with Crippen molar-refractivity contribution in [3.8, 4) is 11.6 Å². The molecule has 0 bridgehead atoms. The number of fused-ring (bicyclic) bond motifs is 3. The molecular formula is C34H43FN4O7S. The number of hydrogen-bond donors (Lipinski definition) is 2. The van der Waals surface area contributed by atoms with E-state index in [4.69, 9.17) is 9.47 Å². The number of nitrogens with zero attached hydrogens (tertiary/aromatic N) is 2. The van der Waals surface area contributed by atoms with E-state index in [1.807, 2.05) is 43.3 Å². The van der Waals surface area contributed by atoms with Gasteiger partial charge in [0.05, 0.1) is 19.9 Å². The number of halogens is 1.